The first kappa shape index (κ1) is 20.2. The third kappa shape index (κ3) is 5.27. The molecule has 0 bridgehead atoms. The number of nitrogens with one attached hydrogen (secondary N) is 1. The van der Waals surface area contributed by atoms with Crippen molar-refractivity contribution in [3.63, 3.8) is 0 Å². The van der Waals surface area contributed by atoms with Gasteiger partial charge in [0.1, 0.15) is 16.5 Å². The Kier molecular flexibility index (Phi) is 6.59. The average Bonchev–Trinajstić information content (AvgIpc) is 3.27. The molecule has 0 spiro atoms. The van der Waals surface area contributed by atoms with E-state index >= 15 is 0 Å². The first-order valence-electron chi connectivity index (χ1n) is 9.01. The summed E-state index contributed by atoms with van der Waals surface area (Å²) in [4.78, 5) is 30.5. The number of rotatable bonds is 7. The Bertz CT molecular complexity index is 974. The Morgan fingerprint density at radius 1 is 1.18 bits per heavy atom. The normalized spacial score (nSPS) is 10.7. The third-order valence-electron chi connectivity index (χ3n) is 4.20. The maximum absolute atomic E-state index is 12.2. The molecule has 0 aliphatic rings. The molecule has 0 fully saturated rings. The minimum atomic E-state index is -0.334. The van der Waals surface area contributed by atoms with Gasteiger partial charge in [-0.25, -0.2) is 9.78 Å². The Balaban J connectivity index is 1.51. The van der Waals surface area contributed by atoms with Crippen molar-refractivity contribution < 1.29 is 14.3 Å². The van der Waals surface area contributed by atoms with Crippen molar-refractivity contribution in [2.75, 3.05) is 5.32 Å². The van der Waals surface area contributed by atoms with Crippen LogP contribution in [-0.2, 0) is 29.0 Å². The lowest BCUT2D eigenvalue weighted by atomic mass is 10.2. The van der Waals surface area contributed by atoms with E-state index in [0.717, 1.165) is 22.5 Å². The van der Waals surface area contributed by atoms with Crippen molar-refractivity contribution in [1.82, 2.24) is 4.98 Å². The number of carbonyl (C=O) groups is 2. The number of aromatic nitrogens is 1. The number of amides is 1. The lowest BCUT2D eigenvalue weighted by molar-refractivity contribution is -0.115. The van der Waals surface area contributed by atoms with E-state index in [1.54, 1.807) is 0 Å². The molecule has 28 heavy (non-hydrogen) atoms. The van der Waals surface area contributed by atoms with Crippen molar-refractivity contribution in [1.29, 1.82) is 0 Å². The lowest BCUT2D eigenvalue weighted by Gasteiger charge is -2.04. The highest BCUT2D eigenvalue weighted by Crippen LogP contribution is 2.23. The monoisotopic (exact) mass is 414 g/mol. The Morgan fingerprint density at radius 3 is 2.61 bits per heavy atom. The maximum Gasteiger partial charge on any atom is 0.348 e. The molecule has 2 heterocycles. The molecule has 5 nitrogen and oxygen atoms in total. The van der Waals surface area contributed by atoms with Crippen LogP contribution in [0.1, 0.15) is 43.3 Å². The van der Waals surface area contributed by atoms with Crippen LogP contribution in [0.3, 0.4) is 0 Å². The Morgan fingerprint density at radius 2 is 1.93 bits per heavy atom. The quantitative estimate of drug-likeness (QED) is 0.557. The van der Waals surface area contributed by atoms with Gasteiger partial charge in [-0.05, 0) is 44.0 Å². The van der Waals surface area contributed by atoms with Gasteiger partial charge in [-0.3, -0.25) is 4.79 Å². The molecule has 1 aromatic carbocycles. The molecule has 1 amide bonds. The molecule has 0 radical (unpaired) electrons. The largest absolute Gasteiger partial charge is 0.455 e. The van der Waals surface area contributed by atoms with Gasteiger partial charge in [-0.1, -0.05) is 24.6 Å². The number of ether oxygens (including phenoxy) is 1. The second kappa shape index (κ2) is 9.12. The molecule has 0 atom stereocenters. The van der Waals surface area contributed by atoms with Crippen LogP contribution < -0.4 is 5.32 Å². The van der Waals surface area contributed by atoms with Crippen LogP contribution >= 0.6 is 22.7 Å². The van der Waals surface area contributed by atoms with Gasteiger partial charge < -0.3 is 10.1 Å². The van der Waals surface area contributed by atoms with Crippen molar-refractivity contribution in [2.24, 2.45) is 0 Å². The predicted molar refractivity (Wildman–Crippen MR) is 113 cm³/mol. The fourth-order valence-electron chi connectivity index (χ4n) is 2.66. The zero-order valence-corrected chi connectivity index (χ0v) is 17.7. The smallest absolute Gasteiger partial charge is 0.348 e. The number of nitrogens with zero attached hydrogens (tertiary/aromatic N) is 1. The summed E-state index contributed by atoms with van der Waals surface area (Å²) in [7, 11) is 0. The van der Waals surface area contributed by atoms with E-state index in [1.807, 2.05) is 49.6 Å². The summed E-state index contributed by atoms with van der Waals surface area (Å²) in [6.07, 6.45) is 1.09. The highest BCUT2D eigenvalue weighted by Gasteiger charge is 2.14. The van der Waals surface area contributed by atoms with Gasteiger partial charge in [0, 0.05) is 15.9 Å². The summed E-state index contributed by atoms with van der Waals surface area (Å²) >= 11 is 2.84. The minimum absolute atomic E-state index is 0.104. The summed E-state index contributed by atoms with van der Waals surface area (Å²) < 4.78 is 5.37. The standard InChI is InChI=1S/C21H22N2O3S2/c1-4-15-9-18(28-14(15)3)21(25)26-11-17-12-27-20(23-17)10-19(24)22-16-7-5-13(2)6-8-16/h5-9,12H,4,10-11H2,1-3H3,(H,22,24). The first-order chi connectivity index (χ1) is 13.4. The van der Waals surface area contributed by atoms with E-state index in [-0.39, 0.29) is 24.9 Å². The van der Waals surface area contributed by atoms with Crippen LogP contribution in [0.15, 0.2) is 35.7 Å². The van der Waals surface area contributed by atoms with Crippen molar-refractivity contribution in [3.05, 3.63) is 67.3 Å². The molecule has 0 aliphatic heterocycles. The van der Waals surface area contributed by atoms with E-state index in [2.05, 4.69) is 17.2 Å². The van der Waals surface area contributed by atoms with Crippen molar-refractivity contribution in [2.45, 2.75) is 40.2 Å². The number of thiophene rings is 1. The van der Waals surface area contributed by atoms with Crippen molar-refractivity contribution in [3.8, 4) is 0 Å². The van der Waals surface area contributed by atoms with Gasteiger partial charge in [0.05, 0.1) is 12.1 Å². The van der Waals surface area contributed by atoms with Crippen LogP contribution in [0.25, 0.3) is 0 Å². The highest BCUT2D eigenvalue weighted by molar-refractivity contribution is 7.14. The van der Waals surface area contributed by atoms with Gasteiger partial charge in [0.15, 0.2) is 0 Å². The summed E-state index contributed by atoms with van der Waals surface area (Å²) in [6, 6.07) is 9.53. The fraction of sp³-hybridized carbons (Fsp3) is 0.286. The van der Waals surface area contributed by atoms with Crippen LogP contribution in [0.4, 0.5) is 5.69 Å². The van der Waals surface area contributed by atoms with Crippen LogP contribution in [0.5, 0.6) is 0 Å². The number of benzene rings is 1. The number of hydrogen-bond acceptors (Lipinski definition) is 6. The van der Waals surface area contributed by atoms with Crippen molar-refractivity contribution >= 4 is 40.2 Å². The van der Waals surface area contributed by atoms with Crippen LogP contribution in [0, 0.1) is 13.8 Å². The second-order valence-electron chi connectivity index (χ2n) is 6.45. The lowest BCUT2D eigenvalue weighted by Crippen LogP contribution is -2.14. The molecule has 3 aromatic rings. The zero-order valence-electron chi connectivity index (χ0n) is 16.1. The molecule has 7 heteroatoms. The molecular formula is C21H22N2O3S2. The number of esters is 1. The maximum atomic E-state index is 12.2. The summed E-state index contributed by atoms with van der Waals surface area (Å²) in [5, 5.41) is 5.36. The van der Waals surface area contributed by atoms with Gasteiger partial charge >= 0.3 is 5.97 Å². The molecule has 0 aliphatic carbocycles. The minimum Gasteiger partial charge on any atom is -0.455 e. The van der Waals surface area contributed by atoms with Crippen LogP contribution in [0.2, 0.25) is 0 Å². The number of hydrogen-bond donors (Lipinski definition) is 1. The van der Waals surface area contributed by atoms with Gasteiger partial charge in [0.25, 0.3) is 0 Å². The molecule has 2 aromatic heterocycles. The third-order valence-corrected chi connectivity index (χ3v) is 6.17. The molecule has 0 unspecified atom stereocenters. The molecule has 1 N–H and O–H groups in total. The van der Waals surface area contributed by atoms with E-state index < -0.39 is 0 Å². The van der Waals surface area contributed by atoms with Gasteiger partial charge in [-0.2, -0.15) is 0 Å². The second-order valence-corrected chi connectivity index (χ2v) is 8.64. The Hall–Kier alpha value is -2.51. The number of anilines is 1. The fourth-order valence-corrected chi connectivity index (χ4v) is 4.44. The Labute approximate surface area is 172 Å². The van der Waals surface area contributed by atoms with Gasteiger partial charge in [-0.15, -0.1) is 22.7 Å². The number of carbonyl (C=O) groups excluding carboxylic acids is 2. The van der Waals surface area contributed by atoms with Gasteiger partial charge in [0.2, 0.25) is 5.91 Å². The summed E-state index contributed by atoms with van der Waals surface area (Å²) in [6.45, 7) is 6.18. The summed E-state index contributed by atoms with van der Waals surface area (Å²) in [5.41, 5.74) is 3.73. The highest BCUT2D eigenvalue weighted by atomic mass is 32.1. The van der Waals surface area contributed by atoms with E-state index in [9.17, 15) is 9.59 Å². The zero-order chi connectivity index (χ0) is 20.1. The topological polar surface area (TPSA) is 68.3 Å². The van der Waals surface area contributed by atoms with E-state index in [1.165, 1.54) is 28.2 Å². The molecule has 0 saturated carbocycles. The SMILES string of the molecule is CCc1cc(C(=O)OCc2csc(CC(=O)Nc3ccc(C)cc3)n2)sc1C. The van der Waals surface area contributed by atoms with E-state index in [4.69, 9.17) is 4.74 Å². The first-order valence-corrected chi connectivity index (χ1v) is 10.7. The van der Waals surface area contributed by atoms with E-state index in [0.29, 0.717) is 15.6 Å². The average molecular weight is 415 g/mol. The molecular weight excluding hydrogens is 392 g/mol. The number of aryl methyl sites for hydroxylation is 3. The molecule has 146 valence electrons. The summed E-state index contributed by atoms with van der Waals surface area (Å²) in [5.74, 6) is -0.456. The number of thiazole rings is 1. The molecule has 3 rings (SSSR count). The molecule has 0 saturated heterocycles. The predicted octanol–water partition coefficient (Wildman–Crippen LogP) is 4.92. The van der Waals surface area contributed by atoms with Crippen LogP contribution in [-0.4, -0.2) is 16.9 Å².